The van der Waals surface area contributed by atoms with Gasteiger partial charge >= 0.3 is 0 Å². The number of halogens is 1. The zero-order chi connectivity index (χ0) is 16.1. The smallest absolute Gasteiger partial charge is 0.250 e. The van der Waals surface area contributed by atoms with E-state index in [1.54, 1.807) is 12.1 Å². The van der Waals surface area contributed by atoms with Gasteiger partial charge < -0.3 is 9.72 Å². The summed E-state index contributed by atoms with van der Waals surface area (Å²) >= 11 is 0. The van der Waals surface area contributed by atoms with E-state index in [0.29, 0.717) is 26.2 Å². The standard InChI is InChI=1S/C17H20FN3O2/c18-15-3-1-2-13(6-15)9-21-4-5-23-11-14(10-21)7-16-8-17(22)20-12-19-16/h1-3,6,8,12,14H,4-5,7,9-11H2,(H,19,20,22)/t14-/m1/s1. The molecule has 0 spiro atoms. The fourth-order valence-corrected chi connectivity index (χ4v) is 2.93. The van der Waals surface area contributed by atoms with Crippen molar-refractivity contribution in [1.29, 1.82) is 0 Å². The first-order valence-corrected chi connectivity index (χ1v) is 7.77. The second kappa shape index (κ2) is 7.48. The van der Waals surface area contributed by atoms with E-state index in [2.05, 4.69) is 14.9 Å². The van der Waals surface area contributed by atoms with Gasteiger partial charge in [0, 0.05) is 37.3 Å². The Hall–Kier alpha value is -2.05. The van der Waals surface area contributed by atoms with Crippen LogP contribution in [0.1, 0.15) is 11.3 Å². The number of ether oxygens (including phenoxy) is 1. The molecule has 1 N–H and O–H groups in total. The Kier molecular flexibility index (Phi) is 5.15. The Morgan fingerprint density at radius 3 is 3.13 bits per heavy atom. The summed E-state index contributed by atoms with van der Waals surface area (Å²) in [7, 11) is 0. The van der Waals surface area contributed by atoms with Crippen molar-refractivity contribution in [3.8, 4) is 0 Å². The zero-order valence-corrected chi connectivity index (χ0v) is 12.9. The van der Waals surface area contributed by atoms with Gasteiger partial charge in [0.2, 0.25) is 0 Å². The summed E-state index contributed by atoms with van der Waals surface area (Å²) in [4.78, 5) is 20.4. The Morgan fingerprint density at radius 2 is 2.30 bits per heavy atom. The van der Waals surface area contributed by atoms with Crippen molar-refractivity contribution >= 4 is 0 Å². The summed E-state index contributed by atoms with van der Waals surface area (Å²) < 4.78 is 19.0. The van der Waals surface area contributed by atoms with Crippen molar-refractivity contribution in [2.24, 2.45) is 5.92 Å². The number of aromatic amines is 1. The largest absolute Gasteiger partial charge is 0.380 e. The van der Waals surface area contributed by atoms with Gasteiger partial charge in [-0.2, -0.15) is 0 Å². The maximum absolute atomic E-state index is 13.3. The van der Waals surface area contributed by atoms with Crippen LogP contribution in [0.15, 0.2) is 41.5 Å². The molecule has 1 fully saturated rings. The minimum Gasteiger partial charge on any atom is -0.380 e. The van der Waals surface area contributed by atoms with E-state index in [4.69, 9.17) is 4.74 Å². The third kappa shape index (κ3) is 4.71. The first kappa shape index (κ1) is 15.8. The van der Waals surface area contributed by atoms with Crippen LogP contribution in [0.25, 0.3) is 0 Å². The van der Waals surface area contributed by atoms with Crippen molar-refractivity contribution in [1.82, 2.24) is 14.9 Å². The molecule has 3 rings (SSSR count). The summed E-state index contributed by atoms with van der Waals surface area (Å²) in [6.45, 7) is 3.66. The average Bonchev–Trinajstić information content (AvgIpc) is 2.72. The van der Waals surface area contributed by atoms with E-state index in [0.717, 1.165) is 24.3 Å². The highest BCUT2D eigenvalue weighted by molar-refractivity contribution is 5.16. The average molecular weight is 317 g/mol. The molecule has 122 valence electrons. The molecule has 1 aliphatic heterocycles. The number of hydrogen-bond acceptors (Lipinski definition) is 4. The minimum atomic E-state index is -0.210. The monoisotopic (exact) mass is 317 g/mol. The Morgan fingerprint density at radius 1 is 1.39 bits per heavy atom. The number of hydrogen-bond donors (Lipinski definition) is 1. The molecule has 0 unspecified atom stereocenters. The van der Waals surface area contributed by atoms with Crippen LogP contribution in [0.3, 0.4) is 0 Å². The highest BCUT2D eigenvalue weighted by Gasteiger charge is 2.20. The van der Waals surface area contributed by atoms with Crippen LogP contribution in [0, 0.1) is 11.7 Å². The zero-order valence-electron chi connectivity index (χ0n) is 12.9. The molecule has 5 nitrogen and oxygen atoms in total. The minimum absolute atomic E-state index is 0.138. The van der Waals surface area contributed by atoms with Crippen molar-refractivity contribution in [3.63, 3.8) is 0 Å². The van der Waals surface area contributed by atoms with E-state index in [9.17, 15) is 9.18 Å². The second-order valence-electron chi connectivity index (χ2n) is 5.91. The number of H-pyrrole nitrogens is 1. The van der Waals surface area contributed by atoms with Gasteiger partial charge in [0.25, 0.3) is 5.56 Å². The second-order valence-corrected chi connectivity index (χ2v) is 5.91. The summed E-state index contributed by atoms with van der Waals surface area (Å²) in [5.74, 6) is 0.0539. The van der Waals surface area contributed by atoms with Crippen LogP contribution in [0.2, 0.25) is 0 Å². The van der Waals surface area contributed by atoms with Crippen molar-refractivity contribution in [2.75, 3.05) is 26.3 Å². The third-order valence-corrected chi connectivity index (χ3v) is 3.95. The van der Waals surface area contributed by atoms with Crippen LogP contribution in [0.4, 0.5) is 4.39 Å². The molecule has 1 aromatic carbocycles. The van der Waals surface area contributed by atoms with Gasteiger partial charge in [-0.05, 0) is 24.1 Å². The molecule has 0 saturated carbocycles. The van der Waals surface area contributed by atoms with Gasteiger partial charge in [0.15, 0.2) is 0 Å². The molecule has 0 amide bonds. The maximum atomic E-state index is 13.3. The molecule has 2 heterocycles. The number of benzene rings is 1. The van der Waals surface area contributed by atoms with Crippen molar-refractivity contribution in [3.05, 3.63) is 64.1 Å². The van der Waals surface area contributed by atoms with E-state index in [-0.39, 0.29) is 17.3 Å². The number of aromatic nitrogens is 2. The van der Waals surface area contributed by atoms with Crippen molar-refractivity contribution in [2.45, 2.75) is 13.0 Å². The molecule has 0 bridgehead atoms. The van der Waals surface area contributed by atoms with E-state index >= 15 is 0 Å². The number of rotatable bonds is 4. The van der Waals surface area contributed by atoms with Crippen LogP contribution < -0.4 is 5.56 Å². The Bertz CT molecular complexity index is 704. The van der Waals surface area contributed by atoms with Gasteiger partial charge in [0.05, 0.1) is 19.5 Å². The Balaban J connectivity index is 1.65. The fourth-order valence-electron chi connectivity index (χ4n) is 2.93. The normalized spacial score (nSPS) is 19.4. The molecular weight excluding hydrogens is 297 g/mol. The highest BCUT2D eigenvalue weighted by Crippen LogP contribution is 2.15. The Labute approximate surface area is 134 Å². The predicted molar refractivity (Wildman–Crippen MR) is 84.5 cm³/mol. The summed E-state index contributed by atoms with van der Waals surface area (Å²) in [5, 5.41) is 0. The maximum Gasteiger partial charge on any atom is 0.250 e. The lowest BCUT2D eigenvalue weighted by Crippen LogP contribution is -2.30. The summed E-state index contributed by atoms with van der Waals surface area (Å²) in [6, 6.07) is 8.22. The summed E-state index contributed by atoms with van der Waals surface area (Å²) in [6.07, 6.45) is 2.13. The van der Waals surface area contributed by atoms with Gasteiger partial charge in [-0.3, -0.25) is 9.69 Å². The van der Waals surface area contributed by atoms with E-state index < -0.39 is 0 Å². The molecule has 2 aromatic rings. The molecule has 1 aliphatic rings. The van der Waals surface area contributed by atoms with Gasteiger partial charge in [-0.15, -0.1) is 0 Å². The molecule has 0 radical (unpaired) electrons. The van der Waals surface area contributed by atoms with Crippen LogP contribution in [-0.4, -0.2) is 41.2 Å². The molecular formula is C17H20FN3O2. The van der Waals surface area contributed by atoms with Crippen LogP contribution in [-0.2, 0) is 17.7 Å². The quantitative estimate of drug-likeness (QED) is 0.930. The first-order valence-electron chi connectivity index (χ1n) is 7.77. The predicted octanol–water partition coefficient (Wildman–Crippen LogP) is 1.60. The molecule has 1 saturated heterocycles. The van der Waals surface area contributed by atoms with Crippen LogP contribution in [0.5, 0.6) is 0 Å². The molecule has 6 heteroatoms. The van der Waals surface area contributed by atoms with Crippen molar-refractivity contribution < 1.29 is 9.13 Å². The van der Waals surface area contributed by atoms with E-state index in [1.807, 2.05) is 6.07 Å². The molecule has 0 aliphatic carbocycles. The van der Waals surface area contributed by atoms with Gasteiger partial charge in [-0.1, -0.05) is 12.1 Å². The lowest BCUT2D eigenvalue weighted by Gasteiger charge is -2.23. The first-order chi connectivity index (χ1) is 11.2. The summed E-state index contributed by atoms with van der Waals surface area (Å²) in [5.41, 5.74) is 1.59. The van der Waals surface area contributed by atoms with Gasteiger partial charge in [0.1, 0.15) is 5.82 Å². The molecule has 23 heavy (non-hydrogen) atoms. The molecule has 1 aromatic heterocycles. The van der Waals surface area contributed by atoms with Gasteiger partial charge in [-0.25, -0.2) is 9.37 Å². The fraction of sp³-hybridized carbons (Fsp3) is 0.412. The number of nitrogens with one attached hydrogen (secondary N) is 1. The molecule has 1 atom stereocenters. The topological polar surface area (TPSA) is 58.2 Å². The SMILES string of the molecule is O=c1cc(C[C@H]2COCCN(Cc3cccc(F)c3)C2)nc[nH]1. The number of nitrogens with zero attached hydrogens (tertiary/aromatic N) is 2. The van der Waals surface area contributed by atoms with E-state index in [1.165, 1.54) is 18.5 Å². The third-order valence-electron chi connectivity index (χ3n) is 3.95. The van der Waals surface area contributed by atoms with Crippen LogP contribution >= 0.6 is 0 Å². The lowest BCUT2D eigenvalue weighted by atomic mass is 10.0. The highest BCUT2D eigenvalue weighted by atomic mass is 19.1. The lowest BCUT2D eigenvalue weighted by molar-refractivity contribution is 0.121.